The SMILES string of the molecule is Nc1c(NNC(=O)COc2ccc(Cl)cc2Cl)ncnc1N1CCOCC1. The van der Waals surface area contributed by atoms with Gasteiger partial charge in [0, 0.05) is 18.1 Å². The quantitative estimate of drug-likeness (QED) is 0.614. The Bertz CT molecular complexity index is 817. The number of rotatable bonds is 6. The lowest BCUT2D eigenvalue weighted by molar-refractivity contribution is -0.122. The first kappa shape index (κ1) is 19.3. The van der Waals surface area contributed by atoms with Gasteiger partial charge >= 0.3 is 0 Å². The molecular weight excluding hydrogens is 395 g/mol. The summed E-state index contributed by atoms with van der Waals surface area (Å²) in [5.74, 6) is 0.804. The van der Waals surface area contributed by atoms with Crippen molar-refractivity contribution in [1.82, 2.24) is 15.4 Å². The number of benzene rings is 1. The van der Waals surface area contributed by atoms with Gasteiger partial charge in [0.05, 0.1) is 18.2 Å². The van der Waals surface area contributed by atoms with Crippen LogP contribution in [0.15, 0.2) is 24.5 Å². The minimum Gasteiger partial charge on any atom is -0.482 e. The van der Waals surface area contributed by atoms with Crippen LogP contribution in [0.5, 0.6) is 5.75 Å². The summed E-state index contributed by atoms with van der Waals surface area (Å²) in [5.41, 5.74) is 11.6. The summed E-state index contributed by atoms with van der Waals surface area (Å²) < 4.78 is 10.7. The number of halogens is 2. The number of nitrogens with two attached hydrogens (primary N) is 1. The van der Waals surface area contributed by atoms with E-state index in [1.807, 2.05) is 4.90 Å². The van der Waals surface area contributed by atoms with Crippen molar-refractivity contribution in [2.75, 3.05) is 49.0 Å². The fraction of sp³-hybridized carbons (Fsp3) is 0.312. The van der Waals surface area contributed by atoms with Gasteiger partial charge in [-0.25, -0.2) is 9.97 Å². The predicted molar refractivity (Wildman–Crippen MR) is 103 cm³/mol. The minimum absolute atomic E-state index is 0.254. The maximum atomic E-state index is 12.0. The second-order valence-electron chi connectivity index (χ2n) is 5.60. The number of nitrogens with one attached hydrogen (secondary N) is 2. The van der Waals surface area contributed by atoms with Crippen molar-refractivity contribution < 1.29 is 14.3 Å². The molecule has 0 radical (unpaired) electrons. The highest BCUT2D eigenvalue weighted by Crippen LogP contribution is 2.28. The molecule has 0 saturated carbocycles. The van der Waals surface area contributed by atoms with E-state index in [9.17, 15) is 4.79 Å². The summed E-state index contributed by atoms with van der Waals surface area (Å²) in [5, 5.41) is 0.798. The summed E-state index contributed by atoms with van der Waals surface area (Å²) >= 11 is 11.8. The molecule has 144 valence electrons. The van der Waals surface area contributed by atoms with Gasteiger partial charge in [-0.2, -0.15) is 0 Å². The van der Waals surface area contributed by atoms with Crippen LogP contribution in [0.2, 0.25) is 10.0 Å². The molecule has 0 bridgehead atoms. The molecule has 2 aromatic rings. The lowest BCUT2D eigenvalue weighted by Crippen LogP contribution is -2.38. The van der Waals surface area contributed by atoms with Crippen LogP contribution in [-0.2, 0) is 9.53 Å². The van der Waals surface area contributed by atoms with Crippen LogP contribution >= 0.6 is 23.2 Å². The predicted octanol–water partition coefficient (Wildman–Crippen LogP) is 1.72. The number of carbonyl (C=O) groups excluding carboxylic acids is 1. The lowest BCUT2D eigenvalue weighted by atomic mass is 10.3. The van der Waals surface area contributed by atoms with E-state index in [-0.39, 0.29) is 6.61 Å². The number of ether oxygens (including phenoxy) is 2. The van der Waals surface area contributed by atoms with Gasteiger partial charge in [-0.3, -0.25) is 15.6 Å². The summed E-state index contributed by atoms with van der Waals surface area (Å²) in [6.07, 6.45) is 1.37. The number of hydrazine groups is 1. The summed E-state index contributed by atoms with van der Waals surface area (Å²) in [4.78, 5) is 22.3. The Morgan fingerprint density at radius 3 is 2.81 bits per heavy atom. The number of hydrogen-bond acceptors (Lipinski definition) is 8. The summed E-state index contributed by atoms with van der Waals surface area (Å²) in [6.45, 7) is 2.32. The zero-order valence-electron chi connectivity index (χ0n) is 14.2. The number of carbonyl (C=O) groups is 1. The average Bonchev–Trinajstić information content (AvgIpc) is 2.67. The van der Waals surface area contributed by atoms with E-state index in [1.165, 1.54) is 12.4 Å². The Labute approximate surface area is 165 Å². The van der Waals surface area contributed by atoms with Crippen LogP contribution in [0.1, 0.15) is 0 Å². The number of aromatic nitrogens is 2. The van der Waals surface area contributed by atoms with Crippen molar-refractivity contribution >= 4 is 46.4 Å². The van der Waals surface area contributed by atoms with E-state index >= 15 is 0 Å². The van der Waals surface area contributed by atoms with Crippen LogP contribution in [0.3, 0.4) is 0 Å². The van der Waals surface area contributed by atoms with Crippen LogP contribution in [0, 0.1) is 0 Å². The van der Waals surface area contributed by atoms with E-state index in [2.05, 4.69) is 20.8 Å². The van der Waals surface area contributed by atoms with Crippen LogP contribution in [0.25, 0.3) is 0 Å². The molecule has 4 N–H and O–H groups in total. The molecule has 0 spiro atoms. The third-order valence-corrected chi connectivity index (χ3v) is 4.28. The summed E-state index contributed by atoms with van der Waals surface area (Å²) in [7, 11) is 0. The van der Waals surface area contributed by atoms with E-state index < -0.39 is 5.91 Å². The van der Waals surface area contributed by atoms with E-state index in [0.29, 0.717) is 59.4 Å². The smallest absolute Gasteiger partial charge is 0.276 e. The van der Waals surface area contributed by atoms with Crippen LogP contribution in [0.4, 0.5) is 17.3 Å². The zero-order chi connectivity index (χ0) is 19.2. The van der Waals surface area contributed by atoms with Crippen LogP contribution in [-0.4, -0.2) is 48.8 Å². The van der Waals surface area contributed by atoms with Gasteiger partial charge in [0.25, 0.3) is 5.91 Å². The van der Waals surface area contributed by atoms with Gasteiger partial charge in [0.1, 0.15) is 17.8 Å². The van der Waals surface area contributed by atoms with Gasteiger partial charge in [-0.15, -0.1) is 0 Å². The van der Waals surface area contributed by atoms with Gasteiger partial charge in [-0.1, -0.05) is 23.2 Å². The Hall–Kier alpha value is -2.49. The number of nitrogens with zero attached hydrogens (tertiary/aromatic N) is 3. The first-order valence-electron chi connectivity index (χ1n) is 8.10. The zero-order valence-corrected chi connectivity index (χ0v) is 15.8. The molecule has 0 unspecified atom stereocenters. The Kier molecular flexibility index (Phi) is 6.38. The Balaban J connectivity index is 1.55. The fourth-order valence-corrected chi connectivity index (χ4v) is 2.88. The monoisotopic (exact) mass is 412 g/mol. The number of anilines is 3. The normalized spacial score (nSPS) is 13.9. The molecule has 1 aliphatic heterocycles. The molecule has 1 saturated heterocycles. The molecule has 1 aliphatic rings. The van der Waals surface area contributed by atoms with E-state index in [1.54, 1.807) is 12.1 Å². The molecule has 27 heavy (non-hydrogen) atoms. The van der Waals surface area contributed by atoms with Gasteiger partial charge in [0.15, 0.2) is 18.2 Å². The molecule has 1 fully saturated rings. The molecule has 9 nitrogen and oxygen atoms in total. The Morgan fingerprint density at radius 1 is 1.30 bits per heavy atom. The Morgan fingerprint density at radius 2 is 2.07 bits per heavy atom. The van der Waals surface area contributed by atoms with Crippen molar-refractivity contribution in [1.29, 1.82) is 0 Å². The van der Waals surface area contributed by atoms with Crippen molar-refractivity contribution in [2.24, 2.45) is 0 Å². The number of hydrogen-bond donors (Lipinski definition) is 3. The summed E-state index contributed by atoms with van der Waals surface area (Å²) in [6, 6.07) is 4.74. The van der Waals surface area contributed by atoms with Crippen molar-refractivity contribution in [3.8, 4) is 5.75 Å². The van der Waals surface area contributed by atoms with E-state index in [4.69, 9.17) is 38.4 Å². The molecule has 3 rings (SSSR count). The highest BCUT2D eigenvalue weighted by molar-refractivity contribution is 6.35. The molecule has 0 aliphatic carbocycles. The fourth-order valence-electron chi connectivity index (χ4n) is 2.41. The highest BCUT2D eigenvalue weighted by atomic mass is 35.5. The van der Waals surface area contributed by atoms with Crippen molar-refractivity contribution in [3.63, 3.8) is 0 Å². The standard InChI is InChI=1S/C16H18Cl2N6O3/c17-10-1-2-12(11(18)7-10)27-8-13(25)22-23-15-14(19)16(21-9-20-15)24-3-5-26-6-4-24/h1-2,7,9H,3-6,8,19H2,(H,22,25)(H,20,21,23). The molecule has 1 aromatic heterocycles. The molecule has 11 heteroatoms. The van der Waals surface area contributed by atoms with Crippen molar-refractivity contribution in [2.45, 2.75) is 0 Å². The number of nitrogen functional groups attached to an aromatic ring is 1. The molecule has 1 amide bonds. The third kappa shape index (κ3) is 5.03. The maximum absolute atomic E-state index is 12.0. The van der Waals surface area contributed by atoms with E-state index in [0.717, 1.165) is 0 Å². The number of amides is 1. The molecular formula is C16H18Cl2N6O3. The van der Waals surface area contributed by atoms with Gasteiger partial charge in [0.2, 0.25) is 0 Å². The molecule has 1 aromatic carbocycles. The maximum Gasteiger partial charge on any atom is 0.276 e. The largest absolute Gasteiger partial charge is 0.482 e. The van der Waals surface area contributed by atoms with Crippen LogP contribution < -0.4 is 26.2 Å². The second kappa shape index (κ2) is 8.94. The van der Waals surface area contributed by atoms with Gasteiger partial charge < -0.3 is 20.1 Å². The molecule has 0 atom stereocenters. The van der Waals surface area contributed by atoms with Crippen molar-refractivity contribution in [3.05, 3.63) is 34.6 Å². The average molecular weight is 413 g/mol. The first-order chi connectivity index (χ1) is 13.0. The third-order valence-electron chi connectivity index (χ3n) is 3.75. The second-order valence-corrected chi connectivity index (χ2v) is 6.44. The lowest BCUT2D eigenvalue weighted by Gasteiger charge is -2.28. The topological polar surface area (TPSA) is 115 Å². The first-order valence-corrected chi connectivity index (χ1v) is 8.86. The highest BCUT2D eigenvalue weighted by Gasteiger charge is 2.18. The number of morpholine rings is 1. The van der Waals surface area contributed by atoms with Gasteiger partial charge in [-0.05, 0) is 18.2 Å². The molecule has 2 heterocycles. The minimum atomic E-state index is -0.438.